The fraction of sp³-hybridized carbons (Fsp3) is 0.500. The van der Waals surface area contributed by atoms with Crippen LogP contribution in [0.15, 0.2) is 28.9 Å². The maximum Gasteiger partial charge on any atom is 0.134 e. The molecule has 1 N–H and O–H groups in total. The van der Waals surface area contributed by atoms with Crippen LogP contribution >= 0.6 is 0 Å². The summed E-state index contributed by atoms with van der Waals surface area (Å²) in [5.41, 5.74) is 0. The Morgan fingerprint density at radius 3 is 2.82 bits per heavy atom. The molecule has 1 aliphatic heterocycles. The van der Waals surface area contributed by atoms with Crippen molar-refractivity contribution < 1.29 is 9.15 Å². The molecule has 118 valence electrons. The number of furan rings is 1. The highest BCUT2D eigenvalue weighted by molar-refractivity contribution is 5.49. The molecule has 1 fully saturated rings. The van der Waals surface area contributed by atoms with Gasteiger partial charge in [-0.05, 0) is 31.9 Å². The van der Waals surface area contributed by atoms with E-state index in [0.717, 1.165) is 36.2 Å². The van der Waals surface area contributed by atoms with Crippen molar-refractivity contribution >= 4 is 11.6 Å². The molecular formula is C16H22N4O2. The lowest BCUT2D eigenvalue weighted by atomic mass is 10.2. The van der Waals surface area contributed by atoms with E-state index >= 15 is 0 Å². The largest absolute Gasteiger partial charge is 0.464 e. The minimum Gasteiger partial charge on any atom is -0.464 e. The molecule has 0 bridgehead atoms. The van der Waals surface area contributed by atoms with Crippen LogP contribution in [0.2, 0.25) is 0 Å². The van der Waals surface area contributed by atoms with E-state index < -0.39 is 0 Å². The summed E-state index contributed by atoms with van der Waals surface area (Å²) in [5.74, 6) is 3.49. The van der Waals surface area contributed by atoms with Gasteiger partial charge in [-0.15, -0.1) is 0 Å². The van der Waals surface area contributed by atoms with E-state index in [1.165, 1.54) is 12.8 Å². The first-order chi connectivity index (χ1) is 10.8. The van der Waals surface area contributed by atoms with Crippen LogP contribution in [0.5, 0.6) is 0 Å². The van der Waals surface area contributed by atoms with Crippen LogP contribution in [0.3, 0.4) is 0 Å². The number of aryl methyl sites for hydroxylation is 1. The van der Waals surface area contributed by atoms with Crippen molar-refractivity contribution in [3.8, 4) is 0 Å². The second-order valence-electron chi connectivity index (χ2n) is 5.56. The van der Waals surface area contributed by atoms with Crippen molar-refractivity contribution in [1.29, 1.82) is 0 Å². The van der Waals surface area contributed by atoms with Crippen molar-refractivity contribution in [3.63, 3.8) is 0 Å². The highest BCUT2D eigenvalue weighted by Crippen LogP contribution is 2.24. The second kappa shape index (κ2) is 6.79. The summed E-state index contributed by atoms with van der Waals surface area (Å²) in [5, 5.41) is 3.38. The first-order valence-corrected chi connectivity index (χ1v) is 7.65. The van der Waals surface area contributed by atoms with E-state index in [2.05, 4.69) is 20.2 Å². The van der Waals surface area contributed by atoms with Gasteiger partial charge in [-0.2, -0.15) is 0 Å². The molecule has 2 aromatic rings. The summed E-state index contributed by atoms with van der Waals surface area (Å²) in [7, 11) is 1.68. The SMILES string of the molecule is COCC(Nc1cc(N2CCCC2)ncn1)c1ccc(C)o1. The first kappa shape index (κ1) is 14.8. The summed E-state index contributed by atoms with van der Waals surface area (Å²) in [4.78, 5) is 11.0. The molecule has 1 aliphatic rings. The Labute approximate surface area is 130 Å². The Kier molecular flexibility index (Phi) is 4.58. The lowest BCUT2D eigenvalue weighted by molar-refractivity contribution is 0.178. The predicted octanol–water partition coefficient (Wildman–Crippen LogP) is 2.78. The van der Waals surface area contributed by atoms with E-state index in [4.69, 9.17) is 9.15 Å². The molecule has 2 aromatic heterocycles. The minimum atomic E-state index is -0.0694. The molecule has 1 saturated heterocycles. The van der Waals surface area contributed by atoms with Gasteiger partial charge in [0.1, 0.15) is 35.5 Å². The monoisotopic (exact) mass is 302 g/mol. The van der Waals surface area contributed by atoms with Crippen LogP contribution in [0, 0.1) is 6.92 Å². The van der Waals surface area contributed by atoms with Gasteiger partial charge < -0.3 is 19.4 Å². The van der Waals surface area contributed by atoms with Crippen LogP contribution < -0.4 is 10.2 Å². The number of methoxy groups -OCH3 is 1. The zero-order valence-electron chi connectivity index (χ0n) is 13.1. The number of hydrogen-bond acceptors (Lipinski definition) is 6. The van der Waals surface area contributed by atoms with Gasteiger partial charge in [0.25, 0.3) is 0 Å². The summed E-state index contributed by atoms with van der Waals surface area (Å²) >= 11 is 0. The predicted molar refractivity (Wildman–Crippen MR) is 85.2 cm³/mol. The fourth-order valence-corrected chi connectivity index (χ4v) is 2.73. The quantitative estimate of drug-likeness (QED) is 0.885. The van der Waals surface area contributed by atoms with E-state index in [1.807, 2.05) is 25.1 Å². The van der Waals surface area contributed by atoms with Crippen LogP contribution in [0.1, 0.15) is 30.4 Å². The van der Waals surface area contributed by atoms with Gasteiger partial charge in [0, 0.05) is 26.3 Å². The van der Waals surface area contributed by atoms with Gasteiger partial charge in [-0.1, -0.05) is 0 Å². The third kappa shape index (κ3) is 3.39. The molecule has 6 heteroatoms. The third-order valence-corrected chi connectivity index (χ3v) is 3.84. The minimum absolute atomic E-state index is 0.0694. The Morgan fingerprint density at radius 2 is 2.14 bits per heavy atom. The molecule has 0 spiro atoms. The zero-order chi connectivity index (χ0) is 15.4. The zero-order valence-corrected chi connectivity index (χ0v) is 13.1. The number of nitrogens with one attached hydrogen (secondary N) is 1. The highest BCUT2D eigenvalue weighted by Gasteiger charge is 2.18. The summed E-state index contributed by atoms with van der Waals surface area (Å²) in [6.45, 7) is 4.57. The van der Waals surface area contributed by atoms with Crippen LogP contribution in [0.25, 0.3) is 0 Å². The number of rotatable bonds is 6. The maximum absolute atomic E-state index is 5.70. The summed E-state index contributed by atoms with van der Waals surface area (Å²) < 4.78 is 11.0. The normalized spacial score (nSPS) is 16.0. The van der Waals surface area contributed by atoms with E-state index in [1.54, 1.807) is 13.4 Å². The number of ether oxygens (including phenoxy) is 1. The van der Waals surface area contributed by atoms with Crippen molar-refractivity contribution in [2.24, 2.45) is 0 Å². The van der Waals surface area contributed by atoms with Crippen LogP contribution in [-0.4, -0.2) is 36.8 Å². The molecule has 22 heavy (non-hydrogen) atoms. The van der Waals surface area contributed by atoms with Crippen molar-refractivity contribution in [3.05, 3.63) is 36.0 Å². The van der Waals surface area contributed by atoms with Gasteiger partial charge in [-0.3, -0.25) is 0 Å². The lowest BCUT2D eigenvalue weighted by Gasteiger charge is -2.19. The average Bonchev–Trinajstić information content (AvgIpc) is 3.18. The molecule has 0 saturated carbocycles. The van der Waals surface area contributed by atoms with E-state index in [9.17, 15) is 0 Å². The average molecular weight is 302 g/mol. The second-order valence-corrected chi connectivity index (χ2v) is 5.56. The molecule has 1 atom stereocenters. The smallest absolute Gasteiger partial charge is 0.134 e. The van der Waals surface area contributed by atoms with Gasteiger partial charge in [0.05, 0.1) is 6.61 Å². The van der Waals surface area contributed by atoms with Crippen LogP contribution in [0.4, 0.5) is 11.6 Å². The highest BCUT2D eigenvalue weighted by atomic mass is 16.5. The molecule has 0 amide bonds. The molecule has 3 rings (SSSR count). The molecular weight excluding hydrogens is 280 g/mol. The van der Waals surface area contributed by atoms with Crippen molar-refractivity contribution in [2.45, 2.75) is 25.8 Å². The molecule has 1 unspecified atom stereocenters. The standard InChI is InChI=1S/C16H22N4O2/c1-12-5-6-14(22-12)13(10-21-2)19-15-9-16(18-11-17-15)20-7-3-4-8-20/h5-6,9,11,13H,3-4,7-8,10H2,1-2H3,(H,17,18,19). The third-order valence-electron chi connectivity index (χ3n) is 3.84. The van der Waals surface area contributed by atoms with Crippen LogP contribution in [-0.2, 0) is 4.74 Å². The molecule has 0 radical (unpaired) electrons. The molecule has 6 nitrogen and oxygen atoms in total. The van der Waals surface area contributed by atoms with Gasteiger partial charge in [-0.25, -0.2) is 9.97 Å². The molecule has 0 aliphatic carbocycles. The molecule has 0 aromatic carbocycles. The topological polar surface area (TPSA) is 63.4 Å². The van der Waals surface area contributed by atoms with Gasteiger partial charge >= 0.3 is 0 Å². The molecule has 3 heterocycles. The number of nitrogens with zero attached hydrogens (tertiary/aromatic N) is 3. The van der Waals surface area contributed by atoms with Crippen molar-refractivity contribution in [2.75, 3.05) is 37.0 Å². The fourth-order valence-electron chi connectivity index (χ4n) is 2.73. The Bertz CT molecular complexity index is 608. The Morgan fingerprint density at radius 1 is 1.32 bits per heavy atom. The van der Waals surface area contributed by atoms with Gasteiger partial charge in [0.15, 0.2) is 0 Å². The number of anilines is 2. The van der Waals surface area contributed by atoms with E-state index in [-0.39, 0.29) is 6.04 Å². The lowest BCUT2D eigenvalue weighted by Crippen LogP contribution is -2.20. The first-order valence-electron chi connectivity index (χ1n) is 7.65. The van der Waals surface area contributed by atoms with E-state index in [0.29, 0.717) is 6.61 Å². The summed E-state index contributed by atoms with van der Waals surface area (Å²) in [6.07, 6.45) is 4.06. The maximum atomic E-state index is 5.70. The van der Waals surface area contributed by atoms with Gasteiger partial charge in [0.2, 0.25) is 0 Å². The summed E-state index contributed by atoms with van der Waals surface area (Å²) in [6, 6.07) is 5.84. The Hall–Kier alpha value is -2.08. The van der Waals surface area contributed by atoms with Crippen molar-refractivity contribution in [1.82, 2.24) is 9.97 Å². The number of aromatic nitrogens is 2. The number of hydrogen-bond donors (Lipinski definition) is 1. The Balaban J connectivity index is 1.76.